The molecule has 0 saturated carbocycles. The molecular formula is C22H19ClF3N7O3S. The Hall–Kier alpha value is -3.62. The number of amides is 3. The molecule has 2 aromatic heterocycles. The van der Waals surface area contributed by atoms with Crippen molar-refractivity contribution in [2.24, 2.45) is 0 Å². The maximum atomic E-state index is 13.0. The van der Waals surface area contributed by atoms with E-state index < -0.39 is 34.6 Å². The number of anilines is 2. The third kappa shape index (κ3) is 6.03. The highest BCUT2D eigenvalue weighted by molar-refractivity contribution is 7.13. The van der Waals surface area contributed by atoms with Gasteiger partial charge in [0.15, 0.2) is 0 Å². The molecule has 4 rings (SSSR count). The highest BCUT2D eigenvalue weighted by Crippen LogP contribution is 2.36. The number of hydrogen-bond donors (Lipinski definition) is 3. The monoisotopic (exact) mass is 553 g/mol. The lowest BCUT2D eigenvalue weighted by molar-refractivity contribution is -0.137. The average Bonchev–Trinajstić information content (AvgIpc) is 3.24. The zero-order valence-corrected chi connectivity index (χ0v) is 20.9. The van der Waals surface area contributed by atoms with E-state index in [4.69, 9.17) is 11.6 Å². The van der Waals surface area contributed by atoms with Crippen molar-refractivity contribution in [3.05, 3.63) is 62.5 Å². The first-order valence-electron chi connectivity index (χ1n) is 10.7. The van der Waals surface area contributed by atoms with Crippen LogP contribution in [0.3, 0.4) is 0 Å². The zero-order chi connectivity index (χ0) is 26.9. The first-order valence-corrected chi connectivity index (χ1v) is 11.9. The summed E-state index contributed by atoms with van der Waals surface area (Å²) in [4.78, 5) is 51.7. The normalized spacial score (nSPS) is 14.8. The standard InChI is InChI=1S/C22H19ClF3N7O3S/c1-10(30-20(36)17-12-7-33(2)8-16(34)32-18(12)29-9-28-17)21-27-6-15(37-21)19(35)31-11-3-4-13(14(23)5-11)22(24,25)26/h3-6,9-10H,7-8H2,1-2H3,(H,30,36)(H,31,35)(H,28,29,32,34). The lowest BCUT2D eigenvalue weighted by atomic mass is 10.1. The lowest BCUT2D eigenvalue weighted by Gasteiger charge is -2.16. The second-order valence-electron chi connectivity index (χ2n) is 8.17. The van der Waals surface area contributed by atoms with Crippen LogP contribution in [0.4, 0.5) is 24.7 Å². The summed E-state index contributed by atoms with van der Waals surface area (Å²) in [6.45, 7) is 2.08. The van der Waals surface area contributed by atoms with E-state index in [-0.39, 0.29) is 41.1 Å². The van der Waals surface area contributed by atoms with Crippen LogP contribution in [0.2, 0.25) is 5.02 Å². The summed E-state index contributed by atoms with van der Waals surface area (Å²) in [5, 5.41) is 7.77. The molecule has 37 heavy (non-hydrogen) atoms. The van der Waals surface area contributed by atoms with Gasteiger partial charge in [-0.2, -0.15) is 13.2 Å². The fourth-order valence-electron chi connectivity index (χ4n) is 3.54. The number of carbonyl (C=O) groups is 3. The van der Waals surface area contributed by atoms with Crippen LogP contribution in [0.25, 0.3) is 0 Å². The molecule has 194 valence electrons. The van der Waals surface area contributed by atoms with Crippen molar-refractivity contribution in [2.75, 3.05) is 24.2 Å². The molecular weight excluding hydrogens is 535 g/mol. The van der Waals surface area contributed by atoms with Crippen LogP contribution < -0.4 is 16.0 Å². The van der Waals surface area contributed by atoms with Gasteiger partial charge < -0.3 is 16.0 Å². The minimum atomic E-state index is -4.61. The number of nitrogens with one attached hydrogen (secondary N) is 3. The smallest absolute Gasteiger partial charge is 0.342 e. The molecule has 1 unspecified atom stereocenters. The number of benzene rings is 1. The van der Waals surface area contributed by atoms with Crippen molar-refractivity contribution in [2.45, 2.75) is 25.7 Å². The SMILES string of the molecule is CC(NC(=O)c1ncnc2c1CN(C)CC(=O)N2)c1ncc(C(=O)Nc2ccc(C(F)(F)F)c(Cl)c2)s1. The van der Waals surface area contributed by atoms with Gasteiger partial charge in [-0.3, -0.25) is 19.3 Å². The Bertz CT molecular complexity index is 1380. The molecule has 3 amide bonds. The molecule has 10 nitrogen and oxygen atoms in total. The van der Waals surface area contributed by atoms with Gasteiger partial charge in [-0.05, 0) is 32.2 Å². The molecule has 0 aliphatic carbocycles. The van der Waals surface area contributed by atoms with Gasteiger partial charge in [0.05, 0.1) is 29.4 Å². The molecule has 0 fully saturated rings. The van der Waals surface area contributed by atoms with Gasteiger partial charge >= 0.3 is 6.18 Å². The molecule has 0 spiro atoms. The minimum Gasteiger partial charge on any atom is -0.342 e. The molecule has 1 atom stereocenters. The Balaban J connectivity index is 1.45. The third-order valence-electron chi connectivity index (χ3n) is 5.26. The van der Waals surface area contributed by atoms with Gasteiger partial charge in [-0.1, -0.05) is 11.6 Å². The van der Waals surface area contributed by atoms with Crippen LogP contribution >= 0.6 is 22.9 Å². The summed E-state index contributed by atoms with van der Waals surface area (Å²) in [6.07, 6.45) is -2.13. The Morgan fingerprint density at radius 2 is 1.95 bits per heavy atom. The van der Waals surface area contributed by atoms with Gasteiger partial charge in [-0.15, -0.1) is 11.3 Å². The second-order valence-corrected chi connectivity index (χ2v) is 9.64. The van der Waals surface area contributed by atoms with Crippen molar-refractivity contribution in [3.8, 4) is 0 Å². The number of fused-ring (bicyclic) bond motifs is 1. The summed E-state index contributed by atoms with van der Waals surface area (Å²) in [5.74, 6) is -1.11. The Morgan fingerprint density at radius 3 is 2.65 bits per heavy atom. The highest BCUT2D eigenvalue weighted by Gasteiger charge is 2.33. The molecule has 3 N–H and O–H groups in total. The first kappa shape index (κ1) is 26.4. The molecule has 1 aromatic carbocycles. The quantitative estimate of drug-likeness (QED) is 0.439. The number of nitrogens with zero attached hydrogens (tertiary/aromatic N) is 4. The number of hydrogen-bond acceptors (Lipinski definition) is 8. The average molecular weight is 554 g/mol. The van der Waals surface area contributed by atoms with Gasteiger partial charge in [-0.25, -0.2) is 15.0 Å². The highest BCUT2D eigenvalue weighted by atomic mass is 35.5. The van der Waals surface area contributed by atoms with E-state index in [0.29, 0.717) is 10.6 Å². The predicted molar refractivity (Wildman–Crippen MR) is 129 cm³/mol. The number of carbonyl (C=O) groups excluding carboxylic acids is 3. The molecule has 0 radical (unpaired) electrons. The third-order valence-corrected chi connectivity index (χ3v) is 6.75. The number of rotatable bonds is 5. The summed E-state index contributed by atoms with van der Waals surface area (Å²) in [6, 6.07) is 2.28. The van der Waals surface area contributed by atoms with E-state index in [1.807, 2.05) is 0 Å². The van der Waals surface area contributed by atoms with E-state index in [1.165, 1.54) is 12.5 Å². The van der Waals surface area contributed by atoms with E-state index in [2.05, 4.69) is 30.9 Å². The largest absolute Gasteiger partial charge is 0.417 e. The Kier molecular flexibility index (Phi) is 7.43. The van der Waals surface area contributed by atoms with Crippen LogP contribution in [0.1, 0.15) is 49.3 Å². The van der Waals surface area contributed by atoms with Gasteiger partial charge in [0.2, 0.25) is 5.91 Å². The summed E-state index contributed by atoms with van der Waals surface area (Å²) >= 11 is 6.70. The van der Waals surface area contributed by atoms with Gasteiger partial charge in [0, 0.05) is 17.8 Å². The summed E-state index contributed by atoms with van der Waals surface area (Å²) < 4.78 is 38.7. The number of thiazole rings is 1. The Labute approximate surface area is 217 Å². The summed E-state index contributed by atoms with van der Waals surface area (Å²) in [7, 11) is 1.73. The molecule has 0 bridgehead atoms. The number of alkyl halides is 3. The van der Waals surface area contributed by atoms with Crippen LogP contribution in [0.5, 0.6) is 0 Å². The van der Waals surface area contributed by atoms with Gasteiger partial charge in [0.25, 0.3) is 11.8 Å². The number of halogens is 4. The second kappa shape index (κ2) is 10.4. The molecule has 3 aromatic rings. The molecule has 1 aliphatic rings. The van der Waals surface area contributed by atoms with Crippen molar-refractivity contribution in [1.82, 2.24) is 25.2 Å². The van der Waals surface area contributed by atoms with E-state index >= 15 is 0 Å². The number of likely N-dealkylation sites (N-methyl/N-ethyl adjacent to an activating group) is 1. The maximum absolute atomic E-state index is 13.0. The minimum absolute atomic E-state index is 0.0841. The molecule has 0 saturated heterocycles. The van der Waals surface area contributed by atoms with E-state index in [9.17, 15) is 27.6 Å². The molecule has 3 heterocycles. The van der Waals surface area contributed by atoms with Crippen molar-refractivity contribution in [1.29, 1.82) is 0 Å². The van der Waals surface area contributed by atoms with Gasteiger partial charge in [0.1, 0.15) is 27.7 Å². The van der Waals surface area contributed by atoms with Crippen LogP contribution in [-0.2, 0) is 17.5 Å². The fourth-order valence-corrected chi connectivity index (χ4v) is 4.65. The molecule has 1 aliphatic heterocycles. The van der Waals surface area contributed by atoms with E-state index in [1.54, 1.807) is 18.9 Å². The van der Waals surface area contributed by atoms with Crippen LogP contribution in [-0.4, -0.2) is 51.2 Å². The maximum Gasteiger partial charge on any atom is 0.417 e. The van der Waals surface area contributed by atoms with Crippen molar-refractivity contribution in [3.63, 3.8) is 0 Å². The predicted octanol–water partition coefficient (Wildman–Crippen LogP) is 3.73. The number of aromatic nitrogens is 3. The topological polar surface area (TPSA) is 129 Å². The van der Waals surface area contributed by atoms with Crippen molar-refractivity contribution < 1.29 is 27.6 Å². The van der Waals surface area contributed by atoms with Crippen LogP contribution in [0.15, 0.2) is 30.7 Å². The Morgan fingerprint density at radius 1 is 1.19 bits per heavy atom. The first-order chi connectivity index (χ1) is 17.4. The fraction of sp³-hybridized carbons (Fsp3) is 0.273. The summed E-state index contributed by atoms with van der Waals surface area (Å²) in [5.41, 5.74) is -0.359. The van der Waals surface area contributed by atoms with E-state index in [0.717, 1.165) is 29.5 Å². The lowest BCUT2D eigenvalue weighted by Crippen LogP contribution is -2.29. The van der Waals surface area contributed by atoms with Crippen LogP contribution in [0, 0.1) is 0 Å². The zero-order valence-electron chi connectivity index (χ0n) is 19.3. The molecule has 15 heteroatoms. The van der Waals surface area contributed by atoms with Crippen molar-refractivity contribution >= 4 is 52.2 Å².